The quantitative estimate of drug-likeness (QED) is 0.867. The average molecular weight is 343 g/mol. The summed E-state index contributed by atoms with van der Waals surface area (Å²) >= 11 is 5.02. The van der Waals surface area contributed by atoms with Gasteiger partial charge in [-0.2, -0.15) is 0 Å². The van der Waals surface area contributed by atoms with Crippen LogP contribution in [0.2, 0.25) is 0 Å². The molecule has 5 heteroatoms. The van der Waals surface area contributed by atoms with Crippen LogP contribution in [0.4, 0.5) is 4.39 Å². The van der Waals surface area contributed by atoms with E-state index in [-0.39, 0.29) is 5.82 Å². The second-order valence-electron chi connectivity index (χ2n) is 4.78. The van der Waals surface area contributed by atoms with Crippen LogP contribution in [0.3, 0.4) is 0 Å². The van der Waals surface area contributed by atoms with E-state index >= 15 is 0 Å². The molecule has 0 spiro atoms. The maximum absolute atomic E-state index is 13.3. The van der Waals surface area contributed by atoms with Gasteiger partial charge in [0.1, 0.15) is 10.8 Å². The lowest BCUT2D eigenvalue weighted by molar-refractivity contribution is 0.554. The summed E-state index contributed by atoms with van der Waals surface area (Å²) < 4.78 is 14.1. The fourth-order valence-corrected chi connectivity index (χ4v) is 3.14. The normalized spacial score (nSPS) is 11.2. The van der Waals surface area contributed by atoms with Gasteiger partial charge in [-0.05, 0) is 30.7 Å². The van der Waals surface area contributed by atoms with Crippen molar-refractivity contribution in [1.82, 2.24) is 10.3 Å². The van der Waals surface area contributed by atoms with E-state index in [4.69, 9.17) is 0 Å². The van der Waals surface area contributed by atoms with Crippen LogP contribution < -0.4 is 5.32 Å². The molecular weight excluding hydrogens is 327 g/mol. The first-order valence-electron chi connectivity index (χ1n) is 6.17. The molecule has 0 unspecified atom stereocenters. The van der Waals surface area contributed by atoms with Crippen LogP contribution in [0.15, 0.2) is 28.9 Å². The molecule has 0 amide bonds. The van der Waals surface area contributed by atoms with Gasteiger partial charge in [-0.1, -0.05) is 29.8 Å². The summed E-state index contributed by atoms with van der Waals surface area (Å²) in [5.41, 5.74) is 0.806. The molecule has 102 valence electrons. The predicted octanol–water partition coefficient (Wildman–Crippen LogP) is 4.46. The zero-order valence-electron chi connectivity index (χ0n) is 10.9. The highest BCUT2D eigenvalue weighted by Gasteiger charge is 2.09. The lowest BCUT2D eigenvalue weighted by Crippen LogP contribution is -2.18. The fourth-order valence-electron chi connectivity index (χ4n) is 1.66. The molecule has 1 N–H and O–H groups in total. The summed E-state index contributed by atoms with van der Waals surface area (Å²) in [5, 5.41) is 4.22. The first-order chi connectivity index (χ1) is 9.06. The van der Waals surface area contributed by atoms with Gasteiger partial charge in [0.2, 0.25) is 0 Å². The minimum atomic E-state index is -0.243. The summed E-state index contributed by atoms with van der Waals surface area (Å²) in [6.45, 7) is 6.14. The third kappa shape index (κ3) is 4.09. The van der Waals surface area contributed by atoms with E-state index in [9.17, 15) is 4.39 Å². The molecule has 0 saturated carbocycles. The Balaban J connectivity index is 2.10. The number of nitrogens with zero attached hydrogens (tertiary/aromatic N) is 1. The maximum Gasteiger partial charge on any atom is 0.124 e. The van der Waals surface area contributed by atoms with Crippen molar-refractivity contribution in [3.8, 4) is 10.6 Å². The van der Waals surface area contributed by atoms with E-state index in [2.05, 4.69) is 40.1 Å². The second-order valence-corrected chi connectivity index (χ2v) is 6.75. The first kappa shape index (κ1) is 14.6. The number of benzene rings is 1. The molecule has 0 aliphatic carbocycles. The largest absolute Gasteiger partial charge is 0.312 e. The number of halogens is 2. The highest BCUT2D eigenvalue weighted by Crippen LogP contribution is 2.31. The van der Waals surface area contributed by atoms with E-state index in [1.807, 2.05) is 6.20 Å². The zero-order chi connectivity index (χ0) is 13.8. The monoisotopic (exact) mass is 342 g/mol. The predicted molar refractivity (Wildman–Crippen MR) is 81.8 cm³/mol. The van der Waals surface area contributed by atoms with E-state index < -0.39 is 0 Å². The molecule has 1 aromatic carbocycles. The molecule has 0 atom stereocenters. The Kier molecular flexibility index (Phi) is 5.07. The third-order valence-corrected chi connectivity index (χ3v) is 4.29. The SMILES string of the molecule is CC(C)CNCc1cnc(-c2cc(F)ccc2Br)s1. The van der Waals surface area contributed by atoms with Crippen LogP contribution in [0.5, 0.6) is 0 Å². The lowest BCUT2D eigenvalue weighted by atomic mass is 10.2. The van der Waals surface area contributed by atoms with Gasteiger partial charge in [0.05, 0.1) is 0 Å². The van der Waals surface area contributed by atoms with Crippen molar-refractivity contribution in [3.63, 3.8) is 0 Å². The van der Waals surface area contributed by atoms with Gasteiger partial charge in [-0.3, -0.25) is 0 Å². The smallest absolute Gasteiger partial charge is 0.124 e. The number of hydrogen-bond donors (Lipinski definition) is 1. The molecule has 2 rings (SSSR count). The number of thiazole rings is 1. The highest BCUT2D eigenvalue weighted by molar-refractivity contribution is 9.10. The molecule has 0 aliphatic rings. The number of hydrogen-bond acceptors (Lipinski definition) is 3. The zero-order valence-corrected chi connectivity index (χ0v) is 13.3. The van der Waals surface area contributed by atoms with E-state index in [0.29, 0.717) is 5.92 Å². The van der Waals surface area contributed by atoms with Crippen molar-refractivity contribution in [2.45, 2.75) is 20.4 Å². The lowest BCUT2D eigenvalue weighted by Gasteiger charge is -2.04. The Labute approximate surface area is 125 Å². The van der Waals surface area contributed by atoms with Gasteiger partial charge in [-0.15, -0.1) is 11.3 Å². The molecule has 0 aliphatic heterocycles. The molecule has 1 heterocycles. The molecule has 0 saturated heterocycles. The summed E-state index contributed by atoms with van der Waals surface area (Å²) in [4.78, 5) is 5.53. The van der Waals surface area contributed by atoms with Gasteiger partial charge < -0.3 is 5.32 Å². The average Bonchev–Trinajstić information content (AvgIpc) is 2.80. The van der Waals surface area contributed by atoms with E-state index in [1.54, 1.807) is 17.4 Å². The van der Waals surface area contributed by atoms with Crippen molar-refractivity contribution in [1.29, 1.82) is 0 Å². The summed E-state index contributed by atoms with van der Waals surface area (Å²) in [6, 6.07) is 4.66. The summed E-state index contributed by atoms with van der Waals surface area (Å²) in [7, 11) is 0. The van der Waals surface area contributed by atoms with Gasteiger partial charge in [0, 0.05) is 27.7 Å². The van der Waals surface area contributed by atoms with Gasteiger partial charge >= 0.3 is 0 Å². The molecule has 0 fully saturated rings. The van der Waals surface area contributed by atoms with Crippen molar-refractivity contribution in [3.05, 3.63) is 39.6 Å². The molecule has 2 aromatic rings. The second kappa shape index (κ2) is 6.59. The molecule has 0 bridgehead atoms. The fraction of sp³-hybridized carbons (Fsp3) is 0.357. The van der Waals surface area contributed by atoms with E-state index in [1.165, 1.54) is 12.1 Å². The first-order valence-corrected chi connectivity index (χ1v) is 7.78. The van der Waals surface area contributed by atoms with Crippen molar-refractivity contribution >= 4 is 27.3 Å². The van der Waals surface area contributed by atoms with Crippen LogP contribution in [-0.4, -0.2) is 11.5 Å². The minimum Gasteiger partial charge on any atom is -0.312 e. The number of rotatable bonds is 5. The van der Waals surface area contributed by atoms with Crippen molar-refractivity contribution < 1.29 is 4.39 Å². The number of aromatic nitrogens is 1. The molecule has 0 radical (unpaired) electrons. The van der Waals surface area contributed by atoms with E-state index in [0.717, 1.165) is 33.0 Å². The summed E-state index contributed by atoms with van der Waals surface area (Å²) in [5.74, 6) is 0.387. The Bertz CT molecular complexity index is 554. The standard InChI is InChI=1S/C14H16BrFN2S/c1-9(2)6-17-7-11-8-18-14(19-11)12-5-10(16)3-4-13(12)15/h3-5,8-9,17H,6-7H2,1-2H3. The Morgan fingerprint density at radius 2 is 2.21 bits per heavy atom. The van der Waals surface area contributed by atoms with Crippen LogP contribution in [0, 0.1) is 11.7 Å². The van der Waals surface area contributed by atoms with Gasteiger partial charge in [0.15, 0.2) is 0 Å². The molecule has 2 nitrogen and oxygen atoms in total. The molecule has 19 heavy (non-hydrogen) atoms. The highest BCUT2D eigenvalue weighted by atomic mass is 79.9. The maximum atomic E-state index is 13.3. The van der Waals surface area contributed by atoms with Crippen molar-refractivity contribution in [2.75, 3.05) is 6.54 Å². The minimum absolute atomic E-state index is 0.243. The third-order valence-electron chi connectivity index (χ3n) is 2.56. The van der Waals surface area contributed by atoms with Gasteiger partial charge in [0.25, 0.3) is 0 Å². The molecule has 1 aromatic heterocycles. The topological polar surface area (TPSA) is 24.9 Å². The van der Waals surface area contributed by atoms with Crippen LogP contribution in [-0.2, 0) is 6.54 Å². The Morgan fingerprint density at radius 1 is 1.42 bits per heavy atom. The van der Waals surface area contributed by atoms with Crippen molar-refractivity contribution in [2.24, 2.45) is 5.92 Å². The van der Waals surface area contributed by atoms with Gasteiger partial charge in [-0.25, -0.2) is 9.37 Å². The Morgan fingerprint density at radius 3 is 2.95 bits per heavy atom. The van der Waals surface area contributed by atoms with Crippen LogP contribution in [0.25, 0.3) is 10.6 Å². The van der Waals surface area contributed by atoms with Crippen LogP contribution >= 0.6 is 27.3 Å². The van der Waals surface area contributed by atoms with Crippen LogP contribution in [0.1, 0.15) is 18.7 Å². The summed E-state index contributed by atoms with van der Waals surface area (Å²) in [6.07, 6.45) is 1.85. The number of nitrogens with one attached hydrogen (secondary N) is 1. The molecular formula is C14H16BrFN2S. The Hall–Kier alpha value is -0.780.